The first-order chi connectivity index (χ1) is 12.7. The quantitative estimate of drug-likeness (QED) is 0.321. The lowest BCUT2D eigenvalue weighted by Crippen LogP contribution is -2.31. The number of nitrogens with zero attached hydrogens (tertiary/aromatic N) is 1. The Hall–Kier alpha value is -2.93. The van der Waals surface area contributed by atoms with Gasteiger partial charge in [0.1, 0.15) is 12.4 Å². The molecule has 0 spiro atoms. The Kier molecular flexibility index (Phi) is 7.57. The smallest absolute Gasteiger partial charge is 0.187 e. The van der Waals surface area contributed by atoms with Crippen molar-refractivity contribution >= 4 is 23.5 Å². The molecule has 2 N–H and O–H groups in total. The fraction of sp³-hybridized carbons (Fsp3) is 0.158. The molecule has 0 radical (unpaired) electrons. The predicted molar refractivity (Wildman–Crippen MR) is 105 cm³/mol. The molecule has 0 aliphatic heterocycles. The van der Waals surface area contributed by atoms with Gasteiger partial charge in [-0.05, 0) is 30.4 Å². The average molecular weight is 373 g/mol. The van der Waals surface area contributed by atoms with Gasteiger partial charge in [0.05, 0.1) is 13.3 Å². The third kappa shape index (κ3) is 5.56. The van der Waals surface area contributed by atoms with Crippen LogP contribution in [0.15, 0.2) is 60.2 Å². The largest absolute Gasteiger partial charge is 0.493 e. The van der Waals surface area contributed by atoms with Crippen molar-refractivity contribution in [3.8, 4) is 11.5 Å². The Labute approximate surface area is 157 Å². The summed E-state index contributed by atoms with van der Waals surface area (Å²) in [6, 6.07) is 11.8. The number of benzene rings is 2. The first-order valence-corrected chi connectivity index (χ1v) is 8.27. The first kappa shape index (κ1) is 19.4. The van der Waals surface area contributed by atoms with Crippen LogP contribution < -0.4 is 20.2 Å². The van der Waals surface area contributed by atoms with E-state index in [0.29, 0.717) is 34.3 Å². The summed E-state index contributed by atoms with van der Waals surface area (Å²) in [5.41, 5.74) is 3.82. The number of hydrogen-bond acceptors (Lipinski definition) is 4. The summed E-state index contributed by atoms with van der Waals surface area (Å²) >= 11 is 5.06. The monoisotopic (exact) mass is 373 g/mol. The van der Waals surface area contributed by atoms with Crippen molar-refractivity contribution in [2.75, 3.05) is 13.7 Å². The van der Waals surface area contributed by atoms with Crippen LogP contribution in [0.3, 0.4) is 0 Å². The molecule has 0 saturated carbocycles. The Morgan fingerprint density at radius 2 is 2.08 bits per heavy atom. The summed E-state index contributed by atoms with van der Waals surface area (Å²) in [7, 11) is 1.54. The maximum absolute atomic E-state index is 13.8. The number of para-hydroxylation sites is 1. The van der Waals surface area contributed by atoms with Gasteiger partial charge in [-0.3, -0.25) is 5.43 Å². The van der Waals surface area contributed by atoms with Crippen molar-refractivity contribution in [3.05, 3.63) is 72.1 Å². The Bertz CT molecular complexity index is 796. The second-order valence-electron chi connectivity index (χ2n) is 5.13. The maximum Gasteiger partial charge on any atom is 0.187 e. The summed E-state index contributed by atoms with van der Waals surface area (Å²) < 4.78 is 24.9. The molecule has 2 aromatic rings. The first-order valence-electron chi connectivity index (χ1n) is 7.86. The highest BCUT2D eigenvalue weighted by Gasteiger charge is 2.11. The van der Waals surface area contributed by atoms with Gasteiger partial charge in [0.15, 0.2) is 16.6 Å². The third-order valence-corrected chi connectivity index (χ3v) is 3.57. The molecule has 0 fully saturated rings. The summed E-state index contributed by atoms with van der Waals surface area (Å²) in [4.78, 5) is 0. The summed E-state index contributed by atoms with van der Waals surface area (Å²) in [5, 5.41) is 7.35. The van der Waals surface area contributed by atoms with Gasteiger partial charge < -0.3 is 14.8 Å². The Morgan fingerprint density at radius 3 is 2.81 bits per heavy atom. The van der Waals surface area contributed by atoms with Crippen molar-refractivity contribution in [2.24, 2.45) is 5.10 Å². The second-order valence-corrected chi connectivity index (χ2v) is 5.54. The van der Waals surface area contributed by atoms with E-state index in [1.165, 1.54) is 6.07 Å². The molecule has 0 heterocycles. The molecule has 2 rings (SSSR count). The number of ether oxygens (including phenoxy) is 2. The molecule has 0 bridgehead atoms. The van der Waals surface area contributed by atoms with Crippen LogP contribution in [0, 0.1) is 5.82 Å². The Balaban J connectivity index is 2.13. The highest BCUT2D eigenvalue weighted by Crippen LogP contribution is 2.31. The highest BCUT2D eigenvalue weighted by atomic mass is 32.1. The van der Waals surface area contributed by atoms with Gasteiger partial charge in [0.25, 0.3) is 0 Å². The molecule has 5 nitrogen and oxygen atoms in total. The van der Waals surface area contributed by atoms with Gasteiger partial charge >= 0.3 is 0 Å². The van der Waals surface area contributed by atoms with E-state index in [4.69, 9.17) is 21.7 Å². The van der Waals surface area contributed by atoms with Crippen molar-refractivity contribution in [3.63, 3.8) is 0 Å². The standard InChI is InChI=1S/C19H20FN3O2S/c1-3-11-21-19(26)23-22-12-14-8-6-10-17(24-2)18(14)25-13-15-7-4-5-9-16(15)20/h3-10,12H,1,11,13H2,2H3,(H2,21,23,26). The summed E-state index contributed by atoms with van der Waals surface area (Å²) in [6.45, 7) is 4.21. The van der Waals surface area contributed by atoms with Crippen LogP contribution in [0.4, 0.5) is 4.39 Å². The van der Waals surface area contributed by atoms with Crippen LogP contribution in [-0.2, 0) is 6.61 Å². The minimum Gasteiger partial charge on any atom is -0.493 e. The van der Waals surface area contributed by atoms with Crippen molar-refractivity contribution < 1.29 is 13.9 Å². The maximum atomic E-state index is 13.8. The van der Waals surface area contributed by atoms with Gasteiger partial charge in [-0.15, -0.1) is 6.58 Å². The minimum absolute atomic E-state index is 0.0701. The van der Waals surface area contributed by atoms with Crippen molar-refractivity contribution in [2.45, 2.75) is 6.61 Å². The molecule has 26 heavy (non-hydrogen) atoms. The molecular weight excluding hydrogens is 353 g/mol. The van der Waals surface area contributed by atoms with Crippen LogP contribution >= 0.6 is 12.2 Å². The summed E-state index contributed by atoms with van der Waals surface area (Å²) in [6.07, 6.45) is 3.25. The van der Waals surface area contributed by atoms with Crippen LogP contribution in [0.2, 0.25) is 0 Å². The normalized spacial score (nSPS) is 10.4. The molecular formula is C19H20FN3O2S. The van der Waals surface area contributed by atoms with E-state index < -0.39 is 0 Å². The van der Waals surface area contributed by atoms with Gasteiger partial charge in [0, 0.05) is 17.7 Å². The predicted octanol–water partition coefficient (Wildman–Crippen LogP) is 3.40. The Morgan fingerprint density at radius 1 is 1.27 bits per heavy atom. The number of hydrogen-bond donors (Lipinski definition) is 2. The molecule has 0 aliphatic rings. The number of nitrogens with one attached hydrogen (secondary N) is 2. The lowest BCUT2D eigenvalue weighted by Gasteiger charge is -2.13. The lowest BCUT2D eigenvalue weighted by atomic mass is 10.2. The SMILES string of the molecule is C=CCNC(=S)NN=Cc1cccc(OC)c1OCc1ccccc1F. The van der Waals surface area contributed by atoms with E-state index in [9.17, 15) is 4.39 Å². The zero-order valence-electron chi connectivity index (χ0n) is 14.4. The summed E-state index contributed by atoms with van der Waals surface area (Å²) in [5.74, 6) is 0.671. The molecule has 0 saturated heterocycles. The molecule has 2 aromatic carbocycles. The lowest BCUT2D eigenvalue weighted by molar-refractivity contribution is 0.279. The number of hydrazone groups is 1. The number of thiocarbonyl (C=S) groups is 1. The molecule has 0 aliphatic carbocycles. The van der Waals surface area contributed by atoms with Crippen LogP contribution in [0.1, 0.15) is 11.1 Å². The van der Waals surface area contributed by atoms with Crippen LogP contribution in [0.5, 0.6) is 11.5 Å². The van der Waals surface area contributed by atoms with Gasteiger partial charge in [0.2, 0.25) is 0 Å². The average Bonchev–Trinajstić information content (AvgIpc) is 2.66. The van der Waals surface area contributed by atoms with E-state index in [-0.39, 0.29) is 12.4 Å². The van der Waals surface area contributed by atoms with Gasteiger partial charge in [-0.2, -0.15) is 5.10 Å². The number of halogens is 1. The topological polar surface area (TPSA) is 54.9 Å². The zero-order chi connectivity index (χ0) is 18.8. The van der Waals surface area contributed by atoms with Crippen molar-refractivity contribution in [1.82, 2.24) is 10.7 Å². The molecule has 0 amide bonds. The second kappa shape index (κ2) is 10.1. The van der Waals surface area contributed by atoms with E-state index in [1.54, 1.807) is 43.7 Å². The van der Waals surface area contributed by atoms with E-state index in [2.05, 4.69) is 22.4 Å². The highest BCUT2D eigenvalue weighted by molar-refractivity contribution is 7.80. The third-order valence-electron chi connectivity index (χ3n) is 3.34. The fourth-order valence-electron chi connectivity index (χ4n) is 2.08. The van der Waals surface area contributed by atoms with Crippen LogP contribution in [0.25, 0.3) is 0 Å². The number of rotatable bonds is 8. The van der Waals surface area contributed by atoms with Gasteiger partial charge in [-0.1, -0.05) is 30.3 Å². The van der Waals surface area contributed by atoms with Crippen molar-refractivity contribution in [1.29, 1.82) is 0 Å². The molecule has 0 aromatic heterocycles. The fourth-order valence-corrected chi connectivity index (χ4v) is 2.22. The number of methoxy groups -OCH3 is 1. The van der Waals surface area contributed by atoms with E-state index in [1.807, 2.05) is 12.1 Å². The molecule has 0 atom stereocenters. The molecule has 7 heteroatoms. The molecule has 136 valence electrons. The minimum atomic E-state index is -0.321. The molecule has 0 unspecified atom stereocenters. The van der Waals surface area contributed by atoms with Gasteiger partial charge in [-0.25, -0.2) is 4.39 Å². The van der Waals surface area contributed by atoms with E-state index in [0.717, 1.165) is 0 Å². The zero-order valence-corrected chi connectivity index (χ0v) is 15.2. The van der Waals surface area contributed by atoms with E-state index >= 15 is 0 Å². The van der Waals surface area contributed by atoms with Crippen LogP contribution in [-0.4, -0.2) is 25.0 Å².